The van der Waals surface area contributed by atoms with E-state index in [0.29, 0.717) is 29.8 Å². The highest BCUT2D eigenvalue weighted by molar-refractivity contribution is 5.79. The number of hydrogen-bond acceptors (Lipinski definition) is 4. The second kappa shape index (κ2) is 7.34. The Labute approximate surface area is 160 Å². The molecule has 0 aliphatic carbocycles. The number of rotatable bonds is 5. The molecule has 0 saturated heterocycles. The monoisotopic (exact) mass is 380 g/mol. The first kappa shape index (κ1) is 18.0. The molecule has 0 amide bonds. The van der Waals surface area contributed by atoms with Gasteiger partial charge in [0.25, 0.3) is 0 Å². The molecule has 0 saturated carbocycles. The summed E-state index contributed by atoms with van der Waals surface area (Å²) in [5.74, 6) is -0.275. The molecule has 0 fully saturated rings. The summed E-state index contributed by atoms with van der Waals surface area (Å²) in [6.45, 7) is 1.82. The highest BCUT2D eigenvalue weighted by atomic mass is 19.1. The van der Waals surface area contributed by atoms with Crippen molar-refractivity contribution in [2.24, 2.45) is 0 Å². The Kier molecular flexibility index (Phi) is 4.73. The van der Waals surface area contributed by atoms with Crippen LogP contribution < -0.4 is 4.74 Å². The fourth-order valence-corrected chi connectivity index (χ4v) is 3.41. The van der Waals surface area contributed by atoms with E-state index in [1.807, 2.05) is 23.5 Å². The van der Waals surface area contributed by atoms with Gasteiger partial charge in [0.15, 0.2) is 5.65 Å². The van der Waals surface area contributed by atoms with E-state index in [1.54, 1.807) is 18.5 Å². The average Bonchev–Trinajstić information content (AvgIpc) is 3.17. The van der Waals surface area contributed by atoms with Crippen molar-refractivity contribution in [1.29, 1.82) is 0 Å². The van der Waals surface area contributed by atoms with Gasteiger partial charge in [0.05, 0.1) is 7.11 Å². The standard InChI is InChI=1S/C21H18F2N4O/c1-13-10-20(23)24-11-17(13)15-8-6-14(27-12-25-26-21(15)27)7-9-16-18(22)4-3-5-19(16)28-2/h3-6,8,10-12H,7,9H2,1-2H3. The van der Waals surface area contributed by atoms with Crippen LogP contribution in [0.4, 0.5) is 8.78 Å². The molecule has 0 bridgehead atoms. The Morgan fingerprint density at radius 1 is 1.07 bits per heavy atom. The molecule has 3 aromatic heterocycles. The molecule has 28 heavy (non-hydrogen) atoms. The number of hydrogen-bond donors (Lipinski definition) is 0. The molecular formula is C21H18F2N4O. The highest BCUT2D eigenvalue weighted by Gasteiger charge is 2.14. The Hall–Kier alpha value is -3.35. The van der Waals surface area contributed by atoms with E-state index < -0.39 is 5.95 Å². The van der Waals surface area contributed by atoms with Gasteiger partial charge in [-0.2, -0.15) is 4.39 Å². The van der Waals surface area contributed by atoms with Crippen molar-refractivity contribution in [2.75, 3.05) is 7.11 Å². The van der Waals surface area contributed by atoms with E-state index in [9.17, 15) is 8.78 Å². The molecule has 0 spiro atoms. The van der Waals surface area contributed by atoms with Gasteiger partial charge in [0.1, 0.15) is 17.9 Å². The molecule has 0 aliphatic heterocycles. The summed E-state index contributed by atoms with van der Waals surface area (Å²) in [6, 6.07) is 10.1. The van der Waals surface area contributed by atoms with Gasteiger partial charge < -0.3 is 4.74 Å². The van der Waals surface area contributed by atoms with E-state index in [0.717, 1.165) is 22.4 Å². The number of methoxy groups -OCH3 is 1. The van der Waals surface area contributed by atoms with Crippen LogP contribution in [-0.4, -0.2) is 26.7 Å². The van der Waals surface area contributed by atoms with Crippen LogP contribution >= 0.6 is 0 Å². The van der Waals surface area contributed by atoms with Crippen molar-refractivity contribution >= 4 is 5.65 Å². The second-order valence-corrected chi connectivity index (χ2v) is 6.51. The van der Waals surface area contributed by atoms with Crippen LogP contribution in [0.5, 0.6) is 5.75 Å². The van der Waals surface area contributed by atoms with Crippen molar-refractivity contribution in [2.45, 2.75) is 19.8 Å². The van der Waals surface area contributed by atoms with Gasteiger partial charge in [-0.1, -0.05) is 6.07 Å². The maximum atomic E-state index is 14.2. The summed E-state index contributed by atoms with van der Waals surface area (Å²) in [5.41, 5.74) is 4.49. The van der Waals surface area contributed by atoms with Crippen LogP contribution in [0.1, 0.15) is 16.8 Å². The van der Waals surface area contributed by atoms with Gasteiger partial charge in [-0.25, -0.2) is 9.37 Å². The van der Waals surface area contributed by atoms with E-state index in [-0.39, 0.29) is 5.82 Å². The van der Waals surface area contributed by atoms with Gasteiger partial charge in [-0.15, -0.1) is 10.2 Å². The molecule has 0 atom stereocenters. The minimum Gasteiger partial charge on any atom is -0.496 e. The topological polar surface area (TPSA) is 52.3 Å². The number of benzene rings is 1. The molecule has 4 aromatic rings. The summed E-state index contributed by atoms with van der Waals surface area (Å²) in [4.78, 5) is 3.76. The molecular weight excluding hydrogens is 362 g/mol. The normalized spacial score (nSPS) is 11.1. The second-order valence-electron chi connectivity index (χ2n) is 6.51. The maximum absolute atomic E-state index is 14.2. The largest absolute Gasteiger partial charge is 0.496 e. The van der Waals surface area contributed by atoms with E-state index in [2.05, 4.69) is 15.2 Å². The fourth-order valence-electron chi connectivity index (χ4n) is 3.41. The van der Waals surface area contributed by atoms with Gasteiger partial charge in [0.2, 0.25) is 5.95 Å². The van der Waals surface area contributed by atoms with Gasteiger partial charge in [-0.05, 0) is 55.7 Å². The Morgan fingerprint density at radius 2 is 1.93 bits per heavy atom. The van der Waals surface area contributed by atoms with Crippen molar-refractivity contribution in [3.8, 4) is 16.9 Å². The van der Waals surface area contributed by atoms with E-state index in [1.165, 1.54) is 25.4 Å². The first-order valence-electron chi connectivity index (χ1n) is 8.84. The summed E-state index contributed by atoms with van der Waals surface area (Å²) >= 11 is 0. The van der Waals surface area contributed by atoms with E-state index in [4.69, 9.17) is 4.74 Å². The zero-order chi connectivity index (χ0) is 19.7. The van der Waals surface area contributed by atoms with Crippen LogP contribution in [0.3, 0.4) is 0 Å². The lowest BCUT2D eigenvalue weighted by atomic mass is 10.0. The number of pyridine rings is 2. The number of fused-ring (bicyclic) bond motifs is 1. The van der Waals surface area contributed by atoms with Crippen LogP contribution in [0, 0.1) is 18.7 Å². The molecule has 0 radical (unpaired) electrons. The number of aryl methyl sites for hydroxylation is 2. The zero-order valence-corrected chi connectivity index (χ0v) is 15.5. The summed E-state index contributed by atoms with van der Waals surface area (Å²) in [7, 11) is 1.53. The SMILES string of the molecule is COc1cccc(F)c1CCc1ccc(-c2cnc(F)cc2C)c2nncn12. The third-order valence-corrected chi connectivity index (χ3v) is 4.84. The number of aromatic nitrogens is 4. The molecule has 1 aromatic carbocycles. The van der Waals surface area contributed by atoms with Crippen LogP contribution in [0.25, 0.3) is 16.8 Å². The van der Waals surface area contributed by atoms with Crippen molar-refractivity contribution < 1.29 is 13.5 Å². The first-order chi connectivity index (χ1) is 13.6. The Morgan fingerprint density at radius 3 is 2.71 bits per heavy atom. The molecule has 7 heteroatoms. The Bertz CT molecular complexity index is 1160. The minimum absolute atomic E-state index is 0.288. The van der Waals surface area contributed by atoms with Gasteiger partial charge >= 0.3 is 0 Å². The summed E-state index contributed by atoms with van der Waals surface area (Å²) < 4.78 is 34.7. The Balaban J connectivity index is 1.70. The average molecular weight is 380 g/mol. The van der Waals surface area contributed by atoms with E-state index >= 15 is 0 Å². The molecule has 0 N–H and O–H groups in total. The predicted octanol–water partition coefficient (Wildman–Crippen LogP) is 4.17. The summed E-state index contributed by atoms with van der Waals surface area (Å²) in [6.07, 6.45) is 4.17. The molecule has 4 rings (SSSR count). The first-order valence-corrected chi connectivity index (χ1v) is 8.84. The van der Waals surface area contributed by atoms with Gasteiger partial charge in [-0.3, -0.25) is 4.40 Å². The minimum atomic E-state index is -0.519. The van der Waals surface area contributed by atoms with Crippen molar-refractivity contribution in [3.05, 3.63) is 77.5 Å². The smallest absolute Gasteiger partial charge is 0.213 e. The third-order valence-electron chi connectivity index (χ3n) is 4.84. The van der Waals surface area contributed by atoms with Crippen molar-refractivity contribution in [3.63, 3.8) is 0 Å². The highest BCUT2D eigenvalue weighted by Crippen LogP contribution is 2.28. The summed E-state index contributed by atoms with van der Waals surface area (Å²) in [5, 5.41) is 8.24. The zero-order valence-electron chi connectivity index (χ0n) is 15.5. The molecule has 3 heterocycles. The fraction of sp³-hybridized carbons (Fsp3) is 0.190. The number of halogens is 2. The lowest BCUT2D eigenvalue weighted by Crippen LogP contribution is -2.03. The third kappa shape index (κ3) is 3.19. The number of nitrogens with zero attached hydrogens (tertiary/aromatic N) is 4. The van der Waals surface area contributed by atoms with Crippen LogP contribution in [0.15, 0.2) is 48.9 Å². The maximum Gasteiger partial charge on any atom is 0.213 e. The quantitative estimate of drug-likeness (QED) is 0.488. The molecule has 0 unspecified atom stereocenters. The lowest BCUT2D eigenvalue weighted by Gasteiger charge is -2.12. The molecule has 142 valence electrons. The lowest BCUT2D eigenvalue weighted by molar-refractivity contribution is 0.404. The number of ether oxygens (including phenoxy) is 1. The van der Waals surface area contributed by atoms with Gasteiger partial charge in [0, 0.05) is 28.6 Å². The van der Waals surface area contributed by atoms with Crippen molar-refractivity contribution in [1.82, 2.24) is 19.6 Å². The van der Waals surface area contributed by atoms with Crippen LogP contribution in [0.2, 0.25) is 0 Å². The molecule has 0 aliphatic rings. The molecule has 5 nitrogen and oxygen atoms in total. The van der Waals surface area contributed by atoms with Crippen LogP contribution in [-0.2, 0) is 12.8 Å². The predicted molar refractivity (Wildman–Crippen MR) is 101 cm³/mol.